The van der Waals surface area contributed by atoms with E-state index >= 15 is 0 Å². The lowest BCUT2D eigenvalue weighted by atomic mass is 10.2. The Morgan fingerprint density at radius 1 is 1.09 bits per heavy atom. The van der Waals surface area contributed by atoms with Crippen molar-refractivity contribution in [3.63, 3.8) is 0 Å². The highest BCUT2D eigenvalue weighted by molar-refractivity contribution is 7.09. The Bertz CT molecular complexity index is 1210. The molecule has 32 heavy (non-hydrogen) atoms. The van der Waals surface area contributed by atoms with Crippen molar-refractivity contribution in [2.75, 3.05) is 11.9 Å². The summed E-state index contributed by atoms with van der Waals surface area (Å²) in [5.41, 5.74) is 3.19. The number of amides is 2. The van der Waals surface area contributed by atoms with Gasteiger partial charge in [-0.1, -0.05) is 23.7 Å². The summed E-state index contributed by atoms with van der Waals surface area (Å²) in [4.78, 5) is 32.7. The maximum atomic E-state index is 12.2. The predicted molar refractivity (Wildman–Crippen MR) is 123 cm³/mol. The lowest BCUT2D eigenvalue weighted by Gasteiger charge is -2.07. The zero-order chi connectivity index (χ0) is 22.3. The third-order valence-electron chi connectivity index (χ3n) is 4.47. The number of rotatable bonds is 8. The number of anilines is 1. The van der Waals surface area contributed by atoms with E-state index in [0.717, 1.165) is 16.3 Å². The summed E-state index contributed by atoms with van der Waals surface area (Å²) >= 11 is 7.51. The highest BCUT2D eigenvalue weighted by Gasteiger charge is 2.10. The molecule has 2 aromatic carbocycles. The van der Waals surface area contributed by atoms with Crippen molar-refractivity contribution in [3.8, 4) is 5.69 Å². The molecule has 0 saturated carbocycles. The molecule has 2 amide bonds. The predicted octanol–water partition coefficient (Wildman–Crippen LogP) is 3.27. The van der Waals surface area contributed by atoms with Crippen LogP contribution in [0.2, 0.25) is 5.02 Å². The summed E-state index contributed by atoms with van der Waals surface area (Å²) in [6.07, 6.45) is 3.81. The molecular formula is C22H19ClN6O2S. The summed E-state index contributed by atoms with van der Waals surface area (Å²) in [5, 5.41) is 12.9. The van der Waals surface area contributed by atoms with E-state index in [1.807, 2.05) is 41.8 Å². The van der Waals surface area contributed by atoms with Gasteiger partial charge < -0.3 is 10.6 Å². The summed E-state index contributed by atoms with van der Waals surface area (Å²) in [6, 6.07) is 14.7. The van der Waals surface area contributed by atoms with Gasteiger partial charge in [-0.05, 0) is 42.0 Å². The van der Waals surface area contributed by atoms with Crippen molar-refractivity contribution < 1.29 is 9.59 Å². The van der Waals surface area contributed by atoms with Crippen LogP contribution < -0.4 is 10.6 Å². The second kappa shape index (κ2) is 10.2. The van der Waals surface area contributed by atoms with Crippen LogP contribution in [-0.2, 0) is 22.4 Å². The van der Waals surface area contributed by atoms with Crippen LogP contribution in [0.3, 0.4) is 0 Å². The first-order chi connectivity index (χ1) is 15.5. The third-order valence-corrected chi connectivity index (χ3v) is 5.60. The Morgan fingerprint density at radius 3 is 2.69 bits per heavy atom. The number of halogens is 1. The minimum atomic E-state index is -0.313. The fraction of sp³-hybridized carbons (Fsp3) is 0.136. The quantitative estimate of drug-likeness (QED) is 0.415. The fourth-order valence-electron chi connectivity index (χ4n) is 2.98. The number of hydrogen-bond donors (Lipinski definition) is 2. The van der Waals surface area contributed by atoms with Crippen LogP contribution in [0.25, 0.3) is 5.69 Å². The van der Waals surface area contributed by atoms with E-state index in [0.29, 0.717) is 22.8 Å². The van der Waals surface area contributed by atoms with E-state index in [1.165, 1.54) is 17.7 Å². The molecule has 0 radical (unpaired) electrons. The molecule has 8 nitrogen and oxygen atoms in total. The van der Waals surface area contributed by atoms with Crippen LogP contribution in [0.5, 0.6) is 0 Å². The van der Waals surface area contributed by atoms with Crippen molar-refractivity contribution >= 4 is 40.4 Å². The largest absolute Gasteiger partial charge is 0.347 e. The monoisotopic (exact) mass is 466 g/mol. The standard InChI is InChI=1S/C22H19ClN6O2S/c23-16-3-1-2-15(8-16)9-22-28-18(12-32-22)10-20(30)25-11-21(31)27-17-4-6-19(7-5-17)29-14-24-13-26-29/h1-8,12-14H,9-11H2,(H,25,30)(H,27,31). The van der Waals surface area contributed by atoms with E-state index in [-0.39, 0.29) is 24.8 Å². The van der Waals surface area contributed by atoms with Gasteiger partial charge in [0.2, 0.25) is 11.8 Å². The number of carbonyl (C=O) groups excluding carboxylic acids is 2. The molecule has 4 rings (SSSR count). The molecule has 2 aromatic heterocycles. The van der Waals surface area contributed by atoms with Crippen molar-refractivity contribution in [3.05, 3.63) is 87.9 Å². The maximum absolute atomic E-state index is 12.2. The van der Waals surface area contributed by atoms with Gasteiger partial charge in [0.05, 0.1) is 29.4 Å². The summed E-state index contributed by atoms with van der Waals surface area (Å²) < 4.78 is 1.62. The topological polar surface area (TPSA) is 102 Å². The number of benzene rings is 2. The molecule has 0 aliphatic rings. The first-order valence-electron chi connectivity index (χ1n) is 9.74. The van der Waals surface area contributed by atoms with Crippen molar-refractivity contribution in [2.24, 2.45) is 0 Å². The summed E-state index contributed by atoms with van der Waals surface area (Å²) in [7, 11) is 0. The summed E-state index contributed by atoms with van der Waals surface area (Å²) in [6.45, 7) is -0.122. The smallest absolute Gasteiger partial charge is 0.243 e. The number of nitrogens with zero attached hydrogens (tertiary/aromatic N) is 4. The number of hydrogen-bond acceptors (Lipinski definition) is 6. The highest BCUT2D eigenvalue weighted by Crippen LogP contribution is 2.18. The molecule has 0 bridgehead atoms. The fourth-order valence-corrected chi connectivity index (χ4v) is 4.02. The highest BCUT2D eigenvalue weighted by atomic mass is 35.5. The van der Waals surface area contributed by atoms with Gasteiger partial charge in [0, 0.05) is 22.5 Å². The van der Waals surface area contributed by atoms with Crippen LogP contribution >= 0.6 is 22.9 Å². The van der Waals surface area contributed by atoms with Crippen LogP contribution in [0, 0.1) is 0 Å². The van der Waals surface area contributed by atoms with Crippen molar-refractivity contribution in [1.82, 2.24) is 25.1 Å². The zero-order valence-electron chi connectivity index (χ0n) is 16.9. The second-order valence-corrected chi connectivity index (χ2v) is 8.31. The normalized spacial score (nSPS) is 10.7. The van der Waals surface area contributed by atoms with Gasteiger partial charge in [-0.3, -0.25) is 9.59 Å². The zero-order valence-corrected chi connectivity index (χ0v) is 18.4. The molecule has 10 heteroatoms. The van der Waals surface area contributed by atoms with Crippen LogP contribution in [-0.4, -0.2) is 38.1 Å². The molecule has 0 unspecified atom stereocenters. The average Bonchev–Trinajstić information content (AvgIpc) is 3.45. The maximum Gasteiger partial charge on any atom is 0.243 e. The Kier molecular flexibility index (Phi) is 6.88. The molecule has 0 spiro atoms. The van der Waals surface area contributed by atoms with E-state index in [2.05, 4.69) is 25.7 Å². The number of carbonyl (C=O) groups is 2. The molecule has 0 saturated heterocycles. The molecule has 0 atom stereocenters. The molecule has 162 valence electrons. The second-order valence-electron chi connectivity index (χ2n) is 6.93. The van der Waals surface area contributed by atoms with Crippen molar-refractivity contribution in [2.45, 2.75) is 12.8 Å². The minimum absolute atomic E-state index is 0.117. The van der Waals surface area contributed by atoms with Crippen molar-refractivity contribution in [1.29, 1.82) is 0 Å². The number of nitrogens with one attached hydrogen (secondary N) is 2. The summed E-state index contributed by atoms with van der Waals surface area (Å²) in [5.74, 6) is -0.576. The first-order valence-corrected chi connectivity index (χ1v) is 11.0. The average molecular weight is 467 g/mol. The van der Waals surface area contributed by atoms with Gasteiger partial charge >= 0.3 is 0 Å². The molecule has 0 aliphatic heterocycles. The van der Waals surface area contributed by atoms with E-state index in [9.17, 15) is 9.59 Å². The SMILES string of the molecule is O=C(Cc1csc(Cc2cccc(Cl)c2)n1)NCC(=O)Nc1ccc(-n2cncn2)cc1. The molecule has 4 aromatic rings. The van der Waals surface area contributed by atoms with Gasteiger partial charge in [-0.25, -0.2) is 14.6 Å². The number of aromatic nitrogens is 4. The van der Waals surface area contributed by atoms with E-state index in [4.69, 9.17) is 11.6 Å². The first kappa shape index (κ1) is 21.7. The van der Waals surface area contributed by atoms with Gasteiger partial charge in [-0.2, -0.15) is 5.10 Å². The van der Waals surface area contributed by atoms with Gasteiger partial charge in [0.25, 0.3) is 0 Å². The molecule has 0 aliphatic carbocycles. The van der Waals surface area contributed by atoms with E-state index in [1.54, 1.807) is 23.1 Å². The lowest BCUT2D eigenvalue weighted by molar-refractivity contribution is -0.123. The molecule has 0 fully saturated rings. The minimum Gasteiger partial charge on any atom is -0.347 e. The van der Waals surface area contributed by atoms with Gasteiger partial charge in [0.15, 0.2) is 0 Å². The number of thiazole rings is 1. The van der Waals surface area contributed by atoms with E-state index < -0.39 is 0 Å². The lowest BCUT2D eigenvalue weighted by Crippen LogP contribution is -2.33. The Morgan fingerprint density at radius 2 is 1.94 bits per heavy atom. The Balaban J connectivity index is 1.22. The van der Waals surface area contributed by atoms with Gasteiger partial charge in [0.1, 0.15) is 12.7 Å². The molecule has 2 N–H and O–H groups in total. The van der Waals surface area contributed by atoms with Crippen LogP contribution in [0.15, 0.2) is 66.6 Å². The third kappa shape index (κ3) is 5.99. The van der Waals surface area contributed by atoms with Crippen LogP contribution in [0.4, 0.5) is 5.69 Å². The van der Waals surface area contributed by atoms with Gasteiger partial charge in [-0.15, -0.1) is 11.3 Å². The van der Waals surface area contributed by atoms with Crippen LogP contribution in [0.1, 0.15) is 16.3 Å². The molecule has 2 heterocycles. The molecular weight excluding hydrogens is 448 g/mol. The Labute approximate surface area is 193 Å². The Hall–Kier alpha value is -3.56.